The summed E-state index contributed by atoms with van der Waals surface area (Å²) in [7, 11) is 0. The van der Waals surface area contributed by atoms with E-state index in [2.05, 4.69) is 20.5 Å². The molecule has 0 aliphatic carbocycles. The molecule has 2 rings (SSSR count). The predicted octanol–water partition coefficient (Wildman–Crippen LogP) is 2.65. The van der Waals surface area contributed by atoms with Crippen molar-refractivity contribution in [1.29, 1.82) is 0 Å². The van der Waals surface area contributed by atoms with Crippen molar-refractivity contribution in [2.45, 2.75) is 39.7 Å². The van der Waals surface area contributed by atoms with Crippen LogP contribution in [0, 0.1) is 12.8 Å². The number of nitrogens with one attached hydrogen (secondary N) is 2. The van der Waals surface area contributed by atoms with E-state index in [-0.39, 0.29) is 6.09 Å². The van der Waals surface area contributed by atoms with Crippen molar-refractivity contribution in [3.05, 3.63) is 23.9 Å². The predicted molar refractivity (Wildman–Crippen MR) is 96.2 cm³/mol. The number of nitrogens with zero attached hydrogens (tertiary/aromatic N) is 2. The van der Waals surface area contributed by atoms with E-state index in [1.54, 1.807) is 0 Å². The summed E-state index contributed by atoms with van der Waals surface area (Å²) in [6.07, 6.45) is 0.830. The molecular weight excluding hydrogens is 304 g/mol. The van der Waals surface area contributed by atoms with Gasteiger partial charge in [-0.25, -0.2) is 9.78 Å². The Kier molecular flexibility index (Phi) is 6.43. The van der Waals surface area contributed by atoms with E-state index in [0.29, 0.717) is 12.5 Å². The highest BCUT2D eigenvalue weighted by atomic mass is 16.6. The van der Waals surface area contributed by atoms with Crippen LogP contribution in [0.1, 0.15) is 32.9 Å². The van der Waals surface area contributed by atoms with Crippen LogP contribution in [0.25, 0.3) is 0 Å². The zero-order valence-electron chi connectivity index (χ0n) is 15.3. The molecule has 0 saturated carbocycles. The molecule has 2 heterocycles. The molecule has 1 aliphatic rings. The lowest BCUT2D eigenvalue weighted by Crippen LogP contribution is -2.37. The summed E-state index contributed by atoms with van der Waals surface area (Å²) in [6.45, 7) is 12.1. The molecule has 6 nitrogen and oxygen atoms in total. The van der Waals surface area contributed by atoms with Crippen LogP contribution in [0.15, 0.2) is 18.2 Å². The van der Waals surface area contributed by atoms with Crippen LogP contribution in [0.4, 0.5) is 10.6 Å². The van der Waals surface area contributed by atoms with Gasteiger partial charge in [-0.3, -0.25) is 0 Å². The molecule has 0 aromatic carbocycles. The van der Waals surface area contributed by atoms with Gasteiger partial charge in [-0.2, -0.15) is 0 Å². The Hall–Kier alpha value is -1.82. The van der Waals surface area contributed by atoms with Crippen LogP contribution in [0.5, 0.6) is 0 Å². The van der Waals surface area contributed by atoms with E-state index in [1.165, 1.54) is 6.42 Å². The van der Waals surface area contributed by atoms with E-state index in [1.807, 2.05) is 45.9 Å². The van der Waals surface area contributed by atoms with Gasteiger partial charge in [0.15, 0.2) is 0 Å². The lowest BCUT2D eigenvalue weighted by atomic mass is 10.1. The maximum atomic E-state index is 11.6. The lowest BCUT2D eigenvalue weighted by Gasteiger charge is -2.21. The van der Waals surface area contributed by atoms with E-state index in [9.17, 15) is 4.79 Å². The van der Waals surface area contributed by atoms with Gasteiger partial charge in [-0.15, -0.1) is 0 Å². The van der Waals surface area contributed by atoms with Gasteiger partial charge in [0.25, 0.3) is 0 Å². The Bertz CT molecular complexity index is 542. The lowest BCUT2D eigenvalue weighted by molar-refractivity contribution is 0.0523. The van der Waals surface area contributed by atoms with Gasteiger partial charge in [0.05, 0.1) is 0 Å². The van der Waals surface area contributed by atoms with Crippen molar-refractivity contribution in [3.63, 3.8) is 0 Å². The Morgan fingerprint density at radius 2 is 2.21 bits per heavy atom. The summed E-state index contributed by atoms with van der Waals surface area (Å²) in [5, 5.41) is 6.24. The maximum absolute atomic E-state index is 11.6. The monoisotopic (exact) mass is 334 g/mol. The third-order valence-corrected chi connectivity index (χ3v) is 3.93. The number of ether oxygens (including phenoxy) is 1. The summed E-state index contributed by atoms with van der Waals surface area (Å²) in [5.74, 6) is 1.56. The summed E-state index contributed by atoms with van der Waals surface area (Å²) >= 11 is 0. The molecule has 1 amide bonds. The van der Waals surface area contributed by atoms with Gasteiger partial charge in [0, 0.05) is 31.9 Å². The number of carbonyl (C=O) groups excluding carboxylic acids is 1. The first-order valence-electron chi connectivity index (χ1n) is 8.68. The van der Waals surface area contributed by atoms with Crippen LogP contribution in [-0.4, -0.2) is 54.3 Å². The maximum Gasteiger partial charge on any atom is 0.407 e. The highest BCUT2D eigenvalue weighted by Crippen LogP contribution is 2.16. The zero-order chi connectivity index (χ0) is 17.6. The highest BCUT2D eigenvalue weighted by molar-refractivity contribution is 5.67. The Morgan fingerprint density at radius 3 is 2.92 bits per heavy atom. The molecule has 1 saturated heterocycles. The third kappa shape index (κ3) is 6.74. The number of hydrogen-bond acceptors (Lipinski definition) is 5. The Balaban J connectivity index is 1.62. The molecule has 0 radical (unpaired) electrons. The van der Waals surface area contributed by atoms with Crippen molar-refractivity contribution in [3.8, 4) is 0 Å². The van der Waals surface area contributed by atoms with E-state index >= 15 is 0 Å². The number of carbonyl (C=O) groups is 1. The fraction of sp³-hybridized carbons (Fsp3) is 0.667. The molecule has 1 aliphatic heterocycles. The number of aryl methyl sites for hydroxylation is 1. The van der Waals surface area contributed by atoms with E-state index in [4.69, 9.17) is 4.74 Å². The van der Waals surface area contributed by atoms with E-state index < -0.39 is 5.60 Å². The Labute approximate surface area is 145 Å². The molecule has 1 aromatic heterocycles. The second kappa shape index (κ2) is 8.33. The van der Waals surface area contributed by atoms with Crippen molar-refractivity contribution < 1.29 is 9.53 Å². The van der Waals surface area contributed by atoms with Crippen LogP contribution < -0.4 is 10.6 Å². The molecule has 1 fully saturated rings. The molecule has 2 N–H and O–H groups in total. The minimum absolute atomic E-state index is 0.342. The van der Waals surface area contributed by atoms with E-state index in [0.717, 1.165) is 37.7 Å². The minimum atomic E-state index is -0.446. The summed E-state index contributed by atoms with van der Waals surface area (Å²) in [5.41, 5.74) is 0.583. The summed E-state index contributed by atoms with van der Waals surface area (Å²) < 4.78 is 5.24. The fourth-order valence-corrected chi connectivity index (χ4v) is 2.80. The number of amides is 1. The number of aromatic nitrogens is 1. The van der Waals surface area contributed by atoms with Gasteiger partial charge in [0.1, 0.15) is 11.4 Å². The highest BCUT2D eigenvalue weighted by Gasteiger charge is 2.22. The average molecular weight is 334 g/mol. The molecule has 0 spiro atoms. The third-order valence-electron chi connectivity index (χ3n) is 3.93. The molecule has 1 unspecified atom stereocenters. The number of hydrogen-bond donors (Lipinski definition) is 2. The standard InChI is InChI=1S/C18H30N4O2/c1-14-6-5-7-16(21-14)20-12-15-8-10-22(13-15)11-9-19-17(23)24-18(2,3)4/h5-7,15H,8-13H2,1-4H3,(H,19,23)(H,20,21). The van der Waals surface area contributed by atoms with Gasteiger partial charge >= 0.3 is 6.09 Å². The smallest absolute Gasteiger partial charge is 0.407 e. The number of pyridine rings is 1. The second-order valence-electron chi connectivity index (χ2n) is 7.43. The second-order valence-corrected chi connectivity index (χ2v) is 7.43. The van der Waals surface area contributed by atoms with Crippen molar-refractivity contribution in [2.75, 3.05) is 38.0 Å². The van der Waals surface area contributed by atoms with Gasteiger partial charge in [-0.05, 0) is 58.7 Å². The van der Waals surface area contributed by atoms with Crippen molar-refractivity contribution in [1.82, 2.24) is 15.2 Å². The average Bonchev–Trinajstić information content (AvgIpc) is 2.91. The van der Waals surface area contributed by atoms with Crippen molar-refractivity contribution >= 4 is 11.9 Å². The number of anilines is 1. The van der Waals surface area contributed by atoms with Gasteiger partial charge in [-0.1, -0.05) is 6.07 Å². The number of alkyl carbamates (subject to hydrolysis) is 1. The topological polar surface area (TPSA) is 66.5 Å². The summed E-state index contributed by atoms with van der Waals surface area (Å²) in [6, 6.07) is 6.03. The van der Waals surface area contributed by atoms with Gasteiger partial charge < -0.3 is 20.3 Å². The van der Waals surface area contributed by atoms with Crippen molar-refractivity contribution in [2.24, 2.45) is 5.92 Å². The number of rotatable bonds is 6. The van der Waals surface area contributed by atoms with Gasteiger partial charge in [0.2, 0.25) is 0 Å². The van der Waals surface area contributed by atoms with Crippen LogP contribution in [0.2, 0.25) is 0 Å². The molecule has 0 bridgehead atoms. The van der Waals surface area contributed by atoms with Crippen LogP contribution in [0.3, 0.4) is 0 Å². The first-order valence-corrected chi connectivity index (χ1v) is 8.68. The number of likely N-dealkylation sites (tertiary alicyclic amines) is 1. The quantitative estimate of drug-likeness (QED) is 0.837. The first-order chi connectivity index (χ1) is 11.3. The first kappa shape index (κ1) is 18.5. The molecular formula is C18H30N4O2. The largest absolute Gasteiger partial charge is 0.444 e. The molecule has 24 heavy (non-hydrogen) atoms. The summed E-state index contributed by atoms with van der Waals surface area (Å²) in [4.78, 5) is 18.5. The SMILES string of the molecule is Cc1cccc(NCC2CCN(CCNC(=O)OC(C)(C)C)C2)n1. The van der Waals surface area contributed by atoms with Crippen LogP contribution in [-0.2, 0) is 4.74 Å². The molecule has 1 aromatic rings. The normalized spacial score (nSPS) is 18.4. The Morgan fingerprint density at radius 1 is 1.42 bits per heavy atom. The molecule has 1 atom stereocenters. The zero-order valence-corrected chi connectivity index (χ0v) is 15.3. The fourth-order valence-electron chi connectivity index (χ4n) is 2.80. The molecule has 6 heteroatoms. The minimum Gasteiger partial charge on any atom is -0.444 e. The van der Waals surface area contributed by atoms with Crippen LogP contribution >= 0.6 is 0 Å². The molecule has 134 valence electrons.